The number of aromatic nitrogens is 2. The van der Waals surface area contributed by atoms with E-state index in [1.807, 2.05) is 0 Å². The highest BCUT2D eigenvalue weighted by Gasteiger charge is 2.20. The van der Waals surface area contributed by atoms with E-state index in [1.54, 1.807) is 0 Å². The lowest BCUT2D eigenvalue weighted by atomic mass is 10.0. The number of nitrogens with zero attached hydrogens (tertiary/aromatic N) is 3. The van der Waals surface area contributed by atoms with Crippen molar-refractivity contribution in [1.29, 1.82) is 0 Å². The summed E-state index contributed by atoms with van der Waals surface area (Å²) in [7, 11) is 0. The zero-order valence-electron chi connectivity index (χ0n) is 13.9. The van der Waals surface area contributed by atoms with Crippen LogP contribution in [0.1, 0.15) is 63.9 Å². The van der Waals surface area contributed by atoms with Crippen molar-refractivity contribution in [2.24, 2.45) is 0 Å². The Morgan fingerprint density at radius 1 is 1.14 bits per heavy atom. The van der Waals surface area contributed by atoms with Crippen LogP contribution in [0, 0.1) is 0 Å². The largest absolute Gasteiger partial charge is 0.370 e. The number of hydrogen-bond donors (Lipinski definition) is 1. The van der Waals surface area contributed by atoms with Crippen molar-refractivity contribution < 1.29 is 0 Å². The van der Waals surface area contributed by atoms with E-state index in [9.17, 15) is 0 Å². The highest BCUT2D eigenvalue weighted by molar-refractivity contribution is 5.37. The van der Waals surface area contributed by atoms with Crippen LogP contribution in [0.3, 0.4) is 0 Å². The summed E-state index contributed by atoms with van der Waals surface area (Å²) < 4.78 is 0. The second-order valence-corrected chi connectivity index (χ2v) is 5.88. The van der Waals surface area contributed by atoms with Gasteiger partial charge in [-0.25, -0.2) is 9.97 Å². The molecule has 0 aromatic carbocycles. The SMILES string of the molecule is CCNc1cc(C2CCCC2)nc(CCN(CC)CC)n1. The molecule has 0 atom stereocenters. The Morgan fingerprint density at radius 3 is 2.48 bits per heavy atom. The Kier molecular flexibility index (Phi) is 6.43. The average molecular weight is 290 g/mol. The lowest BCUT2D eigenvalue weighted by Crippen LogP contribution is -2.26. The molecule has 2 rings (SSSR count). The molecule has 21 heavy (non-hydrogen) atoms. The fourth-order valence-electron chi connectivity index (χ4n) is 3.13. The van der Waals surface area contributed by atoms with E-state index in [0.717, 1.165) is 44.2 Å². The molecule has 0 unspecified atom stereocenters. The van der Waals surface area contributed by atoms with Crippen molar-refractivity contribution >= 4 is 5.82 Å². The highest BCUT2D eigenvalue weighted by atomic mass is 15.1. The third-order valence-electron chi connectivity index (χ3n) is 4.47. The Labute approximate surface area is 129 Å². The molecule has 0 spiro atoms. The molecule has 1 aromatic heterocycles. The number of hydrogen-bond acceptors (Lipinski definition) is 4. The maximum Gasteiger partial charge on any atom is 0.132 e. The molecule has 0 saturated heterocycles. The summed E-state index contributed by atoms with van der Waals surface area (Å²) in [5.41, 5.74) is 1.26. The van der Waals surface area contributed by atoms with Crippen LogP contribution >= 0.6 is 0 Å². The van der Waals surface area contributed by atoms with Gasteiger partial charge in [-0.2, -0.15) is 0 Å². The summed E-state index contributed by atoms with van der Waals surface area (Å²) in [6.45, 7) is 10.7. The van der Waals surface area contributed by atoms with Crippen molar-refractivity contribution in [2.45, 2.75) is 58.8 Å². The maximum absolute atomic E-state index is 4.86. The summed E-state index contributed by atoms with van der Waals surface area (Å²) in [6.07, 6.45) is 6.22. The highest BCUT2D eigenvalue weighted by Crippen LogP contribution is 2.33. The monoisotopic (exact) mass is 290 g/mol. The van der Waals surface area contributed by atoms with E-state index in [1.165, 1.54) is 31.4 Å². The topological polar surface area (TPSA) is 41.1 Å². The van der Waals surface area contributed by atoms with E-state index < -0.39 is 0 Å². The molecular weight excluding hydrogens is 260 g/mol. The van der Waals surface area contributed by atoms with E-state index in [2.05, 4.69) is 42.0 Å². The molecule has 1 fully saturated rings. The van der Waals surface area contributed by atoms with Gasteiger partial charge in [0, 0.05) is 37.2 Å². The van der Waals surface area contributed by atoms with Crippen LogP contribution in [0.4, 0.5) is 5.82 Å². The lowest BCUT2D eigenvalue weighted by molar-refractivity contribution is 0.305. The minimum Gasteiger partial charge on any atom is -0.370 e. The Hall–Kier alpha value is -1.16. The van der Waals surface area contributed by atoms with Gasteiger partial charge in [-0.15, -0.1) is 0 Å². The molecule has 4 nitrogen and oxygen atoms in total. The second-order valence-electron chi connectivity index (χ2n) is 5.88. The molecule has 1 aliphatic carbocycles. The summed E-state index contributed by atoms with van der Waals surface area (Å²) in [6, 6.07) is 2.17. The number of rotatable bonds is 8. The molecule has 0 bridgehead atoms. The third kappa shape index (κ3) is 4.67. The summed E-state index contributed by atoms with van der Waals surface area (Å²) in [5.74, 6) is 2.66. The van der Waals surface area contributed by atoms with E-state index in [4.69, 9.17) is 4.98 Å². The van der Waals surface area contributed by atoms with Gasteiger partial charge in [0.15, 0.2) is 0 Å². The Bertz CT molecular complexity index is 423. The number of nitrogens with one attached hydrogen (secondary N) is 1. The minimum atomic E-state index is 0.651. The van der Waals surface area contributed by atoms with Crippen molar-refractivity contribution in [3.63, 3.8) is 0 Å². The molecule has 118 valence electrons. The molecule has 1 heterocycles. The summed E-state index contributed by atoms with van der Waals surface area (Å²) in [5, 5.41) is 3.36. The van der Waals surface area contributed by atoms with Gasteiger partial charge >= 0.3 is 0 Å². The first kappa shape index (κ1) is 16.2. The average Bonchev–Trinajstić information content (AvgIpc) is 3.03. The molecule has 0 aliphatic heterocycles. The number of anilines is 1. The first-order valence-electron chi connectivity index (χ1n) is 8.60. The molecule has 1 N–H and O–H groups in total. The minimum absolute atomic E-state index is 0.651. The predicted octanol–water partition coefficient (Wildman–Crippen LogP) is 3.45. The zero-order valence-corrected chi connectivity index (χ0v) is 13.9. The molecule has 1 aromatic rings. The van der Waals surface area contributed by atoms with Gasteiger partial charge in [-0.1, -0.05) is 26.7 Å². The van der Waals surface area contributed by atoms with Crippen molar-refractivity contribution in [3.05, 3.63) is 17.6 Å². The van der Waals surface area contributed by atoms with Gasteiger partial charge in [0.1, 0.15) is 11.6 Å². The molecular formula is C17H30N4. The van der Waals surface area contributed by atoms with Crippen molar-refractivity contribution in [2.75, 3.05) is 31.5 Å². The van der Waals surface area contributed by atoms with Crippen molar-refractivity contribution in [3.8, 4) is 0 Å². The third-order valence-corrected chi connectivity index (χ3v) is 4.47. The standard InChI is InChI=1S/C17H30N4/c1-4-18-17-13-15(14-9-7-8-10-14)19-16(20-17)11-12-21(5-2)6-3/h13-14H,4-12H2,1-3H3,(H,18,19,20). The van der Waals surface area contributed by atoms with Crippen LogP contribution in [0.15, 0.2) is 6.07 Å². The molecule has 0 radical (unpaired) electrons. The summed E-state index contributed by atoms with van der Waals surface area (Å²) >= 11 is 0. The first-order chi connectivity index (χ1) is 10.3. The molecule has 0 amide bonds. The first-order valence-corrected chi connectivity index (χ1v) is 8.60. The van der Waals surface area contributed by atoms with Crippen LogP contribution in [0.5, 0.6) is 0 Å². The van der Waals surface area contributed by atoms with Crippen LogP contribution in [0.25, 0.3) is 0 Å². The van der Waals surface area contributed by atoms with Gasteiger partial charge < -0.3 is 10.2 Å². The smallest absolute Gasteiger partial charge is 0.132 e. The molecule has 1 saturated carbocycles. The predicted molar refractivity (Wildman–Crippen MR) is 88.9 cm³/mol. The van der Waals surface area contributed by atoms with Crippen LogP contribution < -0.4 is 5.32 Å². The lowest BCUT2D eigenvalue weighted by Gasteiger charge is -2.18. The number of likely N-dealkylation sites (N-methyl/N-ethyl adjacent to an activating group) is 1. The van der Waals surface area contributed by atoms with Crippen LogP contribution in [-0.2, 0) is 6.42 Å². The van der Waals surface area contributed by atoms with Gasteiger partial charge in [0.25, 0.3) is 0 Å². The quantitative estimate of drug-likeness (QED) is 0.796. The van der Waals surface area contributed by atoms with Crippen LogP contribution in [0.2, 0.25) is 0 Å². The summed E-state index contributed by atoms with van der Waals surface area (Å²) in [4.78, 5) is 12.0. The van der Waals surface area contributed by atoms with Crippen LogP contribution in [-0.4, -0.2) is 41.0 Å². The van der Waals surface area contributed by atoms with E-state index >= 15 is 0 Å². The van der Waals surface area contributed by atoms with Gasteiger partial charge in [-0.3, -0.25) is 0 Å². The van der Waals surface area contributed by atoms with Gasteiger partial charge in [-0.05, 0) is 32.9 Å². The normalized spacial score (nSPS) is 15.8. The van der Waals surface area contributed by atoms with Gasteiger partial charge in [0.05, 0.1) is 0 Å². The van der Waals surface area contributed by atoms with Crippen molar-refractivity contribution in [1.82, 2.24) is 14.9 Å². The maximum atomic E-state index is 4.86. The fourth-order valence-corrected chi connectivity index (χ4v) is 3.13. The van der Waals surface area contributed by atoms with E-state index in [0.29, 0.717) is 5.92 Å². The Balaban J connectivity index is 2.10. The second kappa shape index (κ2) is 8.32. The fraction of sp³-hybridized carbons (Fsp3) is 0.765. The Morgan fingerprint density at radius 2 is 1.86 bits per heavy atom. The molecule has 4 heteroatoms. The zero-order chi connectivity index (χ0) is 15.1. The van der Waals surface area contributed by atoms with E-state index in [-0.39, 0.29) is 0 Å². The molecule has 1 aliphatic rings. The van der Waals surface area contributed by atoms with Gasteiger partial charge in [0.2, 0.25) is 0 Å².